The van der Waals surface area contributed by atoms with Gasteiger partial charge in [0.25, 0.3) is 0 Å². The third-order valence-electron chi connectivity index (χ3n) is 2.76. The lowest BCUT2D eigenvalue weighted by Gasteiger charge is -2.13. The molecule has 0 saturated heterocycles. The van der Waals surface area contributed by atoms with Crippen molar-refractivity contribution in [2.75, 3.05) is 13.6 Å². The van der Waals surface area contributed by atoms with E-state index in [0.717, 1.165) is 25.2 Å². The van der Waals surface area contributed by atoms with Crippen LogP contribution in [-0.4, -0.2) is 23.6 Å². The Morgan fingerprint density at radius 3 is 2.76 bits per heavy atom. The smallest absolute Gasteiger partial charge is 0.104 e. The monoisotopic (exact) mass is 228 g/mol. The summed E-state index contributed by atoms with van der Waals surface area (Å²) in [5, 5.41) is 0. The Labute approximate surface area is 102 Å². The van der Waals surface area contributed by atoms with Crippen molar-refractivity contribution in [1.29, 1.82) is 0 Å². The van der Waals surface area contributed by atoms with E-state index in [1.165, 1.54) is 10.5 Å². The quantitative estimate of drug-likeness (QED) is 0.818. The fraction of sp³-hybridized carbons (Fsp3) is 0.286. The normalized spacial score (nSPS) is 12.3. The van der Waals surface area contributed by atoms with Gasteiger partial charge in [0.1, 0.15) is 6.54 Å². The van der Waals surface area contributed by atoms with Crippen LogP contribution in [-0.2, 0) is 13.0 Å². The number of nitrogens with one attached hydrogen (secondary N) is 1. The molecular formula is C14H18N3+. The highest BCUT2D eigenvalue weighted by molar-refractivity contribution is 5.06. The van der Waals surface area contributed by atoms with Gasteiger partial charge in [0.15, 0.2) is 0 Å². The minimum absolute atomic E-state index is 1.01. The van der Waals surface area contributed by atoms with Gasteiger partial charge < -0.3 is 4.90 Å². The van der Waals surface area contributed by atoms with Crippen LogP contribution in [0.1, 0.15) is 11.3 Å². The largest absolute Gasteiger partial charge is 0.333 e. The lowest BCUT2D eigenvalue weighted by molar-refractivity contribution is -0.893. The summed E-state index contributed by atoms with van der Waals surface area (Å²) in [5.74, 6) is 0. The number of pyridine rings is 2. The lowest BCUT2D eigenvalue weighted by atomic mass is 10.2. The van der Waals surface area contributed by atoms with E-state index in [-0.39, 0.29) is 0 Å². The van der Waals surface area contributed by atoms with Gasteiger partial charge in [-0.05, 0) is 18.2 Å². The molecule has 0 fully saturated rings. The molecule has 0 aromatic carbocycles. The maximum Gasteiger partial charge on any atom is 0.104 e. The summed E-state index contributed by atoms with van der Waals surface area (Å²) in [7, 11) is 2.20. The van der Waals surface area contributed by atoms with Crippen molar-refractivity contribution in [2.45, 2.75) is 13.0 Å². The van der Waals surface area contributed by atoms with E-state index in [1.807, 2.05) is 36.8 Å². The minimum Gasteiger partial charge on any atom is -0.333 e. The zero-order chi connectivity index (χ0) is 11.9. The molecule has 2 heterocycles. The third-order valence-corrected chi connectivity index (χ3v) is 2.76. The average molecular weight is 228 g/mol. The number of rotatable bonds is 5. The number of aromatic nitrogens is 2. The van der Waals surface area contributed by atoms with Crippen LogP contribution in [0.3, 0.4) is 0 Å². The summed E-state index contributed by atoms with van der Waals surface area (Å²) in [6.07, 6.45) is 6.62. The molecule has 88 valence electrons. The first-order valence-electron chi connectivity index (χ1n) is 5.95. The van der Waals surface area contributed by atoms with E-state index in [1.54, 1.807) is 0 Å². The van der Waals surface area contributed by atoms with E-state index in [0.29, 0.717) is 0 Å². The Bertz CT molecular complexity index is 428. The summed E-state index contributed by atoms with van der Waals surface area (Å²) in [6, 6.07) is 10.2. The Hall–Kier alpha value is -1.74. The standard InChI is InChI=1S/C14H17N3/c1-17(12-13-5-4-8-15-11-13)10-7-14-6-2-3-9-16-14/h2-6,8-9,11H,7,10,12H2,1H3/p+1. The van der Waals surface area contributed by atoms with Crippen LogP contribution in [0.2, 0.25) is 0 Å². The fourth-order valence-electron chi connectivity index (χ4n) is 1.83. The maximum atomic E-state index is 4.33. The first-order valence-corrected chi connectivity index (χ1v) is 5.95. The summed E-state index contributed by atoms with van der Waals surface area (Å²) in [5.41, 5.74) is 2.45. The molecule has 3 heteroatoms. The zero-order valence-electron chi connectivity index (χ0n) is 10.1. The van der Waals surface area contributed by atoms with Crippen molar-refractivity contribution in [2.24, 2.45) is 0 Å². The Morgan fingerprint density at radius 1 is 1.12 bits per heavy atom. The highest BCUT2D eigenvalue weighted by atomic mass is 15.1. The molecule has 1 atom stereocenters. The van der Waals surface area contributed by atoms with E-state index >= 15 is 0 Å². The van der Waals surface area contributed by atoms with Crippen molar-refractivity contribution < 1.29 is 4.90 Å². The summed E-state index contributed by atoms with van der Waals surface area (Å²) >= 11 is 0. The molecule has 3 nitrogen and oxygen atoms in total. The molecule has 0 bridgehead atoms. The van der Waals surface area contributed by atoms with Crippen LogP contribution in [0, 0.1) is 0 Å². The highest BCUT2D eigenvalue weighted by Crippen LogP contribution is 1.94. The predicted octanol–water partition coefficient (Wildman–Crippen LogP) is 0.734. The maximum absolute atomic E-state index is 4.33. The molecule has 1 unspecified atom stereocenters. The van der Waals surface area contributed by atoms with Crippen molar-refractivity contribution in [3.8, 4) is 0 Å². The van der Waals surface area contributed by atoms with E-state index in [2.05, 4.69) is 29.1 Å². The third kappa shape index (κ3) is 3.96. The highest BCUT2D eigenvalue weighted by Gasteiger charge is 2.04. The van der Waals surface area contributed by atoms with Gasteiger partial charge >= 0.3 is 0 Å². The van der Waals surface area contributed by atoms with Crippen molar-refractivity contribution in [3.05, 3.63) is 60.2 Å². The van der Waals surface area contributed by atoms with Crippen LogP contribution >= 0.6 is 0 Å². The van der Waals surface area contributed by atoms with Gasteiger partial charge in [0.2, 0.25) is 0 Å². The molecule has 0 aliphatic heterocycles. The topological polar surface area (TPSA) is 30.2 Å². The van der Waals surface area contributed by atoms with Crippen LogP contribution in [0.25, 0.3) is 0 Å². The molecule has 0 spiro atoms. The molecule has 17 heavy (non-hydrogen) atoms. The van der Waals surface area contributed by atoms with Crippen molar-refractivity contribution in [3.63, 3.8) is 0 Å². The lowest BCUT2D eigenvalue weighted by Crippen LogP contribution is -3.07. The first-order chi connectivity index (χ1) is 8.34. The van der Waals surface area contributed by atoms with Crippen molar-refractivity contribution >= 4 is 0 Å². The number of hydrogen-bond donors (Lipinski definition) is 1. The second-order valence-electron chi connectivity index (χ2n) is 4.32. The SMILES string of the molecule is C[NH+](CCc1ccccn1)Cc1cccnc1. The van der Waals surface area contributed by atoms with E-state index < -0.39 is 0 Å². The summed E-state index contributed by atoms with van der Waals surface area (Å²) in [4.78, 5) is 9.94. The van der Waals surface area contributed by atoms with Crippen LogP contribution in [0.4, 0.5) is 0 Å². The second kappa shape index (κ2) is 6.11. The second-order valence-corrected chi connectivity index (χ2v) is 4.32. The first kappa shape index (κ1) is 11.7. The molecule has 0 saturated carbocycles. The number of hydrogen-bond acceptors (Lipinski definition) is 2. The molecule has 0 aliphatic carbocycles. The molecule has 2 aromatic heterocycles. The van der Waals surface area contributed by atoms with E-state index in [4.69, 9.17) is 0 Å². The van der Waals surface area contributed by atoms with Gasteiger partial charge in [-0.15, -0.1) is 0 Å². The molecular weight excluding hydrogens is 210 g/mol. The molecule has 0 amide bonds. The fourth-order valence-corrected chi connectivity index (χ4v) is 1.83. The Kier molecular flexibility index (Phi) is 4.22. The molecule has 1 N–H and O–H groups in total. The van der Waals surface area contributed by atoms with Crippen LogP contribution in [0.5, 0.6) is 0 Å². The molecule has 0 aliphatic rings. The predicted molar refractivity (Wildman–Crippen MR) is 67.6 cm³/mol. The van der Waals surface area contributed by atoms with Crippen LogP contribution in [0.15, 0.2) is 48.9 Å². The zero-order valence-corrected chi connectivity index (χ0v) is 10.1. The molecule has 0 radical (unpaired) electrons. The minimum atomic E-state index is 1.01. The summed E-state index contributed by atoms with van der Waals surface area (Å²) < 4.78 is 0. The van der Waals surface area contributed by atoms with Crippen LogP contribution < -0.4 is 4.90 Å². The number of likely N-dealkylation sites (N-methyl/N-ethyl adjacent to an activating group) is 1. The Morgan fingerprint density at radius 2 is 2.06 bits per heavy atom. The molecule has 2 rings (SSSR count). The van der Waals surface area contributed by atoms with E-state index in [9.17, 15) is 0 Å². The molecule has 2 aromatic rings. The van der Waals surface area contributed by atoms with Gasteiger partial charge in [-0.3, -0.25) is 9.97 Å². The number of nitrogens with zero attached hydrogens (tertiary/aromatic N) is 2. The Balaban J connectivity index is 1.80. The average Bonchev–Trinajstić information content (AvgIpc) is 2.39. The van der Waals surface area contributed by atoms with Gasteiger partial charge in [0.05, 0.1) is 13.6 Å². The van der Waals surface area contributed by atoms with Gasteiger partial charge in [-0.1, -0.05) is 12.1 Å². The van der Waals surface area contributed by atoms with Gasteiger partial charge in [-0.25, -0.2) is 0 Å². The van der Waals surface area contributed by atoms with Gasteiger partial charge in [-0.2, -0.15) is 0 Å². The number of quaternary nitrogens is 1. The van der Waals surface area contributed by atoms with Crippen molar-refractivity contribution in [1.82, 2.24) is 9.97 Å². The summed E-state index contributed by atoms with van der Waals surface area (Å²) in [6.45, 7) is 2.10. The van der Waals surface area contributed by atoms with Gasteiger partial charge in [0, 0.05) is 36.3 Å².